The molecule has 0 bridgehead atoms. The quantitative estimate of drug-likeness (QED) is 0.698. The normalized spacial score (nSPS) is 14.8. The largest absolute Gasteiger partial charge is 0.339 e. The lowest BCUT2D eigenvalue weighted by Crippen LogP contribution is -2.33. The number of hydrogen-bond donors (Lipinski definition) is 1. The van der Waals surface area contributed by atoms with Gasteiger partial charge in [-0.15, -0.1) is 0 Å². The van der Waals surface area contributed by atoms with Crippen LogP contribution in [0.25, 0.3) is 11.0 Å². The fraction of sp³-hybridized carbons (Fsp3) is 0.304. The van der Waals surface area contributed by atoms with Gasteiger partial charge in [-0.1, -0.05) is 25.3 Å². The van der Waals surface area contributed by atoms with Gasteiger partial charge in [-0.2, -0.15) is 0 Å². The highest BCUT2D eigenvalue weighted by Crippen LogP contribution is 2.20. The summed E-state index contributed by atoms with van der Waals surface area (Å²) in [6, 6.07) is 9.08. The molecule has 2 aromatic carbocycles. The number of anilines is 1. The van der Waals surface area contributed by atoms with E-state index in [1.807, 2.05) is 0 Å². The van der Waals surface area contributed by atoms with Crippen molar-refractivity contribution in [3.05, 3.63) is 65.7 Å². The molecule has 0 atom stereocenters. The average molecular weight is 406 g/mol. The standard InChI is InChI=1S/C23H23FN4O2/c24-17-13-16(23(30)28-11-4-2-1-3-5-12-28)14-18(15-17)27-22(29)19-7-6-8-20-21(19)26-10-9-25-20/h6-10,13-15H,1-5,11-12H2,(H,27,29). The van der Waals surface area contributed by atoms with Crippen LogP contribution in [0.3, 0.4) is 0 Å². The number of aromatic nitrogens is 2. The van der Waals surface area contributed by atoms with Crippen LogP contribution in [0.5, 0.6) is 0 Å². The lowest BCUT2D eigenvalue weighted by Gasteiger charge is -2.25. The van der Waals surface area contributed by atoms with Gasteiger partial charge in [0.25, 0.3) is 11.8 Å². The molecule has 30 heavy (non-hydrogen) atoms. The summed E-state index contributed by atoms with van der Waals surface area (Å²) in [6.45, 7) is 1.34. The predicted octanol–water partition coefficient (Wildman–Crippen LogP) is 4.43. The van der Waals surface area contributed by atoms with Gasteiger partial charge < -0.3 is 10.2 Å². The summed E-state index contributed by atoms with van der Waals surface area (Å²) >= 11 is 0. The van der Waals surface area contributed by atoms with E-state index in [2.05, 4.69) is 15.3 Å². The lowest BCUT2D eigenvalue weighted by molar-refractivity contribution is 0.0741. The van der Waals surface area contributed by atoms with Gasteiger partial charge in [-0.25, -0.2) is 4.39 Å². The number of hydrogen-bond acceptors (Lipinski definition) is 4. The summed E-state index contributed by atoms with van der Waals surface area (Å²) in [7, 11) is 0. The van der Waals surface area contributed by atoms with Crippen molar-refractivity contribution >= 4 is 28.5 Å². The van der Waals surface area contributed by atoms with Gasteiger partial charge in [-0.3, -0.25) is 19.6 Å². The van der Waals surface area contributed by atoms with E-state index in [0.717, 1.165) is 25.7 Å². The molecule has 1 aliphatic rings. The fourth-order valence-electron chi connectivity index (χ4n) is 3.79. The molecule has 0 spiro atoms. The van der Waals surface area contributed by atoms with E-state index in [1.54, 1.807) is 29.3 Å². The van der Waals surface area contributed by atoms with Crippen molar-refractivity contribution in [2.24, 2.45) is 0 Å². The number of nitrogens with zero attached hydrogens (tertiary/aromatic N) is 3. The third-order valence-electron chi connectivity index (χ3n) is 5.29. The second-order valence-corrected chi connectivity index (χ2v) is 7.47. The summed E-state index contributed by atoms with van der Waals surface area (Å²) in [5.41, 5.74) is 1.87. The molecule has 1 aliphatic heterocycles. The van der Waals surface area contributed by atoms with E-state index in [1.165, 1.54) is 30.8 Å². The van der Waals surface area contributed by atoms with Gasteiger partial charge in [0.1, 0.15) is 11.3 Å². The number of amides is 2. The second-order valence-electron chi connectivity index (χ2n) is 7.47. The van der Waals surface area contributed by atoms with E-state index in [0.29, 0.717) is 29.7 Å². The number of benzene rings is 2. The van der Waals surface area contributed by atoms with Crippen molar-refractivity contribution in [2.45, 2.75) is 32.1 Å². The van der Waals surface area contributed by atoms with Gasteiger partial charge in [0.15, 0.2) is 0 Å². The van der Waals surface area contributed by atoms with Crippen molar-refractivity contribution in [2.75, 3.05) is 18.4 Å². The van der Waals surface area contributed by atoms with E-state index in [9.17, 15) is 14.0 Å². The van der Waals surface area contributed by atoms with Crippen molar-refractivity contribution in [1.29, 1.82) is 0 Å². The molecule has 7 heteroatoms. The van der Waals surface area contributed by atoms with Crippen LogP contribution in [-0.2, 0) is 0 Å². The maximum absolute atomic E-state index is 14.3. The molecule has 6 nitrogen and oxygen atoms in total. The third-order valence-corrected chi connectivity index (χ3v) is 5.29. The molecule has 0 radical (unpaired) electrons. The van der Waals surface area contributed by atoms with Gasteiger partial charge in [0.2, 0.25) is 0 Å². The van der Waals surface area contributed by atoms with Gasteiger partial charge in [0.05, 0.1) is 11.1 Å². The summed E-state index contributed by atoms with van der Waals surface area (Å²) < 4.78 is 14.3. The zero-order valence-corrected chi connectivity index (χ0v) is 16.6. The highest BCUT2D eigenvalue weighted by Gasteiger charge is 2.19. The molecular weight excluding hydrogens is 383 g/mol. The Bertz CT molecular complexity index is 1070. The van der Waals surface area contributed by atoms with Crippen LogP contribution >= 0.6 is 0 Å². The van der Waals surface area contributed by atoms with Crippen LogP contribution in [0.1, 0.15) is 52.8 Å². The van der Waals surface area contributed by atoms with E-state index < -0.39 is 11.7 Å². The number of carbonyl (C=O) groups excluding carboxylic acids is 2. The number of halogens is 1. The molecule has 154 valence electrons. The molecule has 0 saturated carbocycles. The number of likely N-dealkylation sites (tertiary alicyclic amines) is 1. The Kier molecular flexibility index (Phi) is 5.97. The van der Waals surface area contributed by atoms with Crippen LogP contribution in [0.4, 0.5) is 10.1 Å². The molecular formula is C23H23FN4O2. The Labute approximate surface area is 174 Å². The Hall–Kier alpha value is -3.35. The molecule has 2 amide bonds. The Morgan fingerprint density at radius 3 is 2.47 bits per heavy atom. The van der Waals surface area contributed by atoms with E-state index in [-0.39, 0.29) is 17.2 Å². The molecule has 0 aliphatic carbocycles. The first-order chi connectivity index (χ1) is 14.6. The SMILES string of the molecule is O=C(Nc1cc(F)cc(C(=O)N2CCCCCCC2)c1)c1cccc2nccnc12. The van der Waals surface area contributed by atoms with E-state index >= 15 is 0 Å². The Balaban J connectivity index is 1.57. The molecule has 0 unspecified atom stereocenters. The number of para-hydroxylation sites is 1. The summed E-state index contributed by atoms with van der Waals surface area (Å²) in [5.74, 6) is -1.21. The second kappa shape index (κ2) is 8.98. The summed E-state index contributed by atoms with van der Waals surface area (Å²) in [4.78, 5) is 35.9. The Morgan fingerprint density at radius 1 is 0.933 bits per heavy atom. The van der Waals surface area contributed by atoms with Crippen LogP contribution in [-0.4, -0.2) is 39.8 Å². The first-order valence-corrected chi connectivity index (χ1v) is 10.2. The van der Waals surface area contributed by atoms with Crippen LogP contribution < -0.4 is 5.32 Å². The minimum Gasteiger partial charge on any atom is -0.339 e. The van der Waals surface area contributed by atoms with Crippen molar-refractivity contribution in [3.8, 4) is 0 Å². The molecule has 4 rings (SSSR count). The van der Waals surface area contributed by atoms with Crippen LogP contribution in [0, 0.1) is 5.82 Å². The first-order valence-electron chi connectivity index (χ1n) is 10.2. The topological polar surface area (TPSA) is 75.2 Å². The molecule has 3 aromatic rings. The Morgan fingerprint density at radius 2 is 1.67 bits per heavy atom. The summed E-state index contributed by atoms with van der Waals surface area (Å²) in [5, 5.41) is 2.69. The monoisotopic (exact) mass is 406 g/mol. The minimum atomic E-state index is -0.569. The number of fused-ring (bicyclic) bond motifs is 1. The summed E-state index contributed by atoms with van der Waals surface area (Å²) in [6.07, 6.45) is 8.36. The lowest BCUT2D eigenvalue weighted by atomic mass is 10.1. The van der Waals surface area contributed by atoms with Crippen molar-refractivity contribution < 1.29 is 14.0 Å². The fourth-order valence-corrected chi connectivity index (χ4v) is 3.79. The molecule has 1 saturated heterocycles. The smallest absolute Gasteiger partial charge is 0.257 e. The minimum absolute atomic E-state index is 0.206. The molecule has 1 aromatic heterocycles. The van der Waals surface area contributed by atoms with Crippen molar-refractivity contribution in [1.82, 2.24) is 14.9 Å². The first kappa shape index (κ1) is 19.9. The molecule has 2 heterocycles. The van der Waals surface area contributed by atoms with Crippen LogP contribution in [0.15, 0.2) is 48.8 Å². The van der Waals surface area contributed by atoms with Gasteiger partial charge >= 0.3 is 0 Å². The van der Waals surface area contributed by atoms with Gasteiger partial charge in [-0.05, 0) is 43.2 Å². The zero-order chi connectivity index (χ0) is 20.9. The highest BCUT2D eigenvalue weighted by atomic mass is 19.1. The third kappa shape index (κ3) is 4.45. The van der Waals surface area contributed by atoms with E-state index in [4.69, 9.17) is 0 Å². The number of nitrogens with one attached hydrogen (secondary N) is 1. The van der Waals surface area contributed by atoms with Crippen molar-refractivity contribution in [3.63, 3.8) is 0 Å². The van der Waals surface area contributed by atoms with Crippen LogP contribution in [0.2, 0.25) is 0 Å². The highest BCUT2D eigenvalue weighted by molar-refractivity contribution is 6.11. The van der Waals surface area contributed by atoms with Gasteiger partial charge in [0, 0.05) is 36.7 Å². The average Bonchev–Trinajstić information content (AvgIpc) is 2.72. The number of rotatable bonds is 3. The molecule has 1 N–H and O–H groups in total. The number of carbonyl (C=O) groups is 2. The maximum atomic E-state index is 14.3. The zero-order valence-electron chi connectivity index (χ0n) is 16.6. The maximum Gasteiger partial charge on any atom is 0.257 e. The molecule has 1 fully saturated rings. The predicted molar refractivity (Wildman–Crippen MR) is 113 cm³/mol.